The topological polar surface area (TPSA) is 73.3 Å². The van der Waals surface area contributed by atoms with Gasteiger partial charge in [0.15, 0.2) is 0 Å². The molecule has 3 rings (SSSR count). The summed E-state index contributed by atoms with van der Waals surface area (Å²) in [5.41, 5.74) is 2.30. The number of halogens is 1. The molecule has 0 atom stereocenters. The lowest BCUT2D eigenvalue weighted by Gasteiger charge is -2.11. The molecule has 0 aliphatic carbocycles. The molecule has 0 saturated heterocycles. The first-order valence-corrected chi connectivity index (χ1v) is 8.10. The molecule has 0 radical (unpaired) electrons. The van der Waals surface area contributed by atoms with Crippen molar-refractivity contribution in [1.82, 2.24) is 9.97 Å². The third-order valence-electron chi connectivity index (χ3n) is 3.68. The zero-order valence-electron chi connectivity index (χ0n) is 14.2. The van der Waals surface area contributed by atoms with Crippen molar-refractivity contribution in [3.63, 3.8) is 0 Å². The number of nitrogens with zero attached hydrogens (tertiary/aromatic N) is 2. The summed E-state index contributed by atoms with van der Waals surface area (Å²) in [5, 5.41) is 3.28. The van der Waals surface area contributed by atoms with Gasteiger partial charge in [0, 0.05) is 23.4 Å². The SMILES string of the molecule is COc1ccc(NC(=O)c2ccc(-c3ncccc3Cl)c(OC)c2)cn1. The number of benzene rings is 1. The van der Waals surface area contributed by atoms with E-state index in [4.69, 9.17) is 21.1 Å². The van der Waals surface area contributed by atoms with Crippen molar-refractivity contribution in [2.75, 3.05) is 19.5 Å². The molecule has 2 heterocycles. The molecule has 1 aromatic carbocycles. The smallest absolute Gasteiger partial charge is 0.255 e. The van der Waals surface area contributed by atoms with Gasteiger partial charge in [-0.25, -0.2) is 4.98 Å². The second kappa shape index (κ2) is 7.84. The number of methoxy groups -OCH3 is 2. The summed E-state index contributed by atoms with van der Waals surface area (Å²) in [7, 11) is 3.06. The minimum Gasteiger partial charge on any atom is -0.496 e. The van der Waals surface area contributed by atoms with Crippen LogP contribution in [0.15, 0.2) is 54.9 Å². The summed E-state index contributed by atoms with van der Waals surface area (Å²) in [6.07, 6.45) is 3.17. The fourth-order valence-corrected chi connectivity index (χ4v) is 2.61. The molecule has 0 bridgehead atoms. The molecule has 26 heavy (non-hydrogen) atoms. The zero-order valence-corrected chi connectivity index (χ0v) is 14.9. The Morgan fingerprint density at radius 2 is 1.92 bits per heavy atom. The maximum Gasteiger partial charge on any atom is 0.255 e. The molecule has 3 aromatic rings. The number of carbonyl (C=O) groups is 1. The Labute approximate surface area is 155 Å². The quantitative estimate of drug-likeness (QED) is 0.734. The highest BCUT2D eigenvalue weighted by atomic mass is 35.5. The van der Waals surface area contributed by atoms with Crippen LogP contribution in [0.2, 0.25) is 5.02 Å². The fourth-order valence-electron chi connectivity index (χ4n) is 2.39. The molecule has 132 valence electrons. The van der Waals surface area contributed by atoms with Crippen LogP contribution in [-0.2, 0) is 0 Å². The van der Waals surface area contributed by atoms with Gasteiger partial charge in [0.1, 0.15) is 5.75 Å². The predicted molar refractivity (Wildman–Crippen MR) is 100.0 cm³/mol. The monoisotopic (exact) mass is 369 g/mol. The van der Waals surface area contributed by atoms with Crippen LogP contribution < -0.4 is 14.8 Å². The van der Waals surface area contributed by atoms with Crippen LogP contribution in [0.3, 0.4) is 0 Å². The van der Waals surface area contributed by atoms with E-state index in [1.807, 2.05) is 0 Å². The normalized spacial score (nSPS) is 10.3. The van der Waals surface area contributed by atoms with Gasteiger partial charge in [-0.2, -0.15) is 0 Å². The number of aromatic nitrogens is 2. The third kappa shape index (κ3) is 3.75. The molecule has 0 spiro atoms. The van der Waals surface area contributed by atoms with Crippen molar-refractivity contribution in [2.24, 2.45) is 0 Å². The number of carbonyl (C=O) groups excluding carboxylic acids is 1. The Kier molecular flexibility index (Phi) is 5.34. The summed E-state index contributed by atoms with van der Waals surface area (Å²) in [4.78, 5) is 20.8. The van der Waals surface area contributed by atoms with E-state index in [9.17, 15) is 4.79 Å². The van der Waals surface area contributed by atoms with E-state index in [-0.39, 0.29) is 5.91 Å². The van der Waals surface area contributed by atoms with Gasteiger partial charge < -0.3 is 14.8 Å². The lowest BCUT2D eigenvalue weighted by Crippen LogP contribution is -2.12. The summed E-state index contributed by atoms with van der Waals surface area (Å²) < 4.78 is 10.4. The van der Waals surface area contributed by atoms with Gasteiger partial charge in [0.05, 0.1) is 36.8 Å². The minimum atomic E-state index is -0.283. The van der Waals surface area contributed by atoms with Crippen LogP contribution in [0.5, 0.6) is 11.6 Å². The lowest BCUT2D eigenvalue weighted by atomic mass is 10.1. The van der Waals surface area contributed by atoms with E-state index in [1.54, 1.807) is 48.7 Å². The molecule has 7 heteroatoms. The predicted octanol–water partition coefficient (Wildman–Crippen LogP) is 4.07. The van der Waals surface area contributed by atoms with Gasteiger partial charge in [-0.05, 0) is 36.4 Å². The summed E-state index contributed by atoms with van der Waals surface area (Å²) >= 11 is 6.21. The third-order valence-corrected chi connectivity index (χ3v) is 3.99. The lowest BCUT2D eigenvalue weighted by molar-refractivity contribution is 0.102. The Morgan fingerprint density at radius 1 is 1.08 bits per heavy atom. The number of hydrogen-bond donors (Lipinski definition) is 1. The zero-order chi connectivity index (χ0) is 18.5. The van der Waals surface area contributed by atoms with E-state index >= 15 is 0 Å². The molecule has 6 nitrogen and oxygen atoms in total. The second-order valence-electron chi connectivity index (χ2n) is 5.29. The molecule has 1 N–H and O–H groups in total. The van der Waals surface area contributed by atoms with Crippen LogP contribution in [0.25, 0.3) is 11.3 Å². The van der Waals surface area contributed by atoms with Gasteiger partial charge in [-0.1, -0.05) is 11.6 Å². The van der Waals surface area contributed by atoms with Crippen LogP contribution in [0.1, 0.15) is 10.4 Å². The van der Waals surface area contributed by atoms with Crippen LogP contribution in [-0.4, -0.2) is 30.1 Å². The minimum absolute atomic E-state index is 0.283. The Bertz CT molecular complexity index is 930. The van der Waals surface area contributed by atoms with Gasteiger partial charge in [0.2, 0.25) is 5.88 Å². The van der Waals surface area contributed by atoms with Crippen molar-refractivity contribution in [2.45, 2.75) is 0 Å². The van der Waals surface area contributed by atoms with E-state index in [2.05, 4.69) is 15.3 Å². The summed E-state index contributed by atoms with van der Waals surface area (Å²) in [6.45, 7) is 0. The Balaban J connectivity index is 1.86. The summed E-state index contributed by atoms with van der Waals surface area (Å²) in [6, 6.07) is 12.0. The maximum atomic E-state index is 12.5. The Hall–Kier alpha value is -3.12. The van der Waals surface area contributed by atoms with Crippen molar-refractivity contribution < 1.29 is 14.3 Å². The van der Waals surface area contributed by atoms with E-state index < -0.39 is 0 Å². The molecule has 1 amide bonds. The van der Waals surface area contributed by atoms with Crippen LogP contribution >= 0.6 is 11.6 Å². The molecule has 2 aromatic heterocycles. The van der Waals surface area contributed by atoms with Gasteiger partial charge >= 0.3 is 0 Å². The first-order chi connectivity index (χ1) is 12.6. The first-order valence-electron chi connectivity index (χ1n) is 7.72. The molecule has 0 aliphatic rings. The van der Waals surface area contributed by atoms with Gasteiger partial charge in [-0.15, -0.1) is 0 Å². The first kappa shape index (κ1) is 17.7. The average Bonchev–Trinajstić information content (AvgIpc) is 2.68. The molecule has 0 unspecified atom stereocenters. The maximum absolute atomic E-state index is 12.5. The van der Waals surface area contributed by atoms with E-state index in [1.165, 1.54) is 20.4 Å². The standard InChI is InChI=1S/C19H16ClN3O3/c1-25-16-10-12(5-7-14(16)18-15(20)4-3-9-21-18)19(24)23-13-6-8-17(26-2)22-11-13/h3-11H,1-2H3,(H,23,24). The number of pyridine rings is 2. The van der Waals surface area contributed by atoms with Crippen molar-refractivity contribution >= 4 is 23.2 Å². The average molecular weight is 370 g/mol. The molecular formula is C19H16ClN3O3. The van der Waals surface area contributed by atoms with Crippen molar-refractivity contribution in [1.29, 1.82) is 0 Å². The number of ether oxygens (including phenoxy) is 2. The van der Waals surface area contributed by atoms with E-state index in [0.29, 0.717) is 39.2 Å². The summed E-state index contributed by atoms with van der Waals surface area (Å²) in [5.74, 6) is 0.696. The molecule has 0 saturated carbocycles. The molecule has 0 aliphatic heterocycles. The fraction of sp³-hybridized carbons (Fsp3) is 0.105. The number of rotatable bonds is 5. The number of hydrogen-bond acceptors (Lipinski definition) is 5. The van der Waals surface area contributed by atoms with Gasteiger partial charge in [0.25, 0.3) is 5.91 Å². The second-order valence-corrected chi connectivity index (χ2v) is 5.70. The van der Waals surface area contributed by atoms with E-state index in [0.717, 1.165) is 0 Å². The van der Waals surface area contributed by atoms with Crippen LogP contribution in [0.4, 0.5) is 5.69 Å². The Morgan fingerprint density at radius 3 is 2.58 bits per heavy atom. The van der Waals surface area contributed by atoms with Gasteiger partial charge in [-0.3, -0.25) is 9.78 Å². The number of amides is 1. The van der Waals surface area contributed by atoms with Crippen molar-refractivity contribution in [3.05, 3.63) is 65.4 Å². The highest BCUT2D eigenvalue weighted by molar-refractivity contribution is 6.33. The molecular weight excluding hydrogens is 354 g/mol. The number of nitrogens with one attached hydrogen (secondary N) is 1. The highest BCUT2D eigenvalue weighted by Crippen LogP contribution is 2.33. The van der Waals surface area contributed by atoms with Crippen molar-refractivity contribution in [3.8, 4) is 22.9 Å². The molecule has 0 fully saturated rings. The van der Waals surface area contributed by atoms with Crippen LogP contribution in [0, 0.1) is 0 Å². The highest BCUT2D eigenvalue weighted by Gasteiger charge is 2.14. The number of anilines is 1. The largest absolute Gasteiger partial charge is 0.496 e.